The molecule has 0 heterocycles. The highest BCUT2D eigenvalue weighted by molar-refractivity contribution is 5.77. The summed E-state index contributed by atoms with van der Waals surface area (Å²) in [5, 5.41) is 13.2. The minimum absolute atomic E-state index is 0.0569. The second-order valence-electron chi connectivity index (χ2n) is 3.47. The van der Waals surface area contributed by atoms with E-state index in [4.69, 9.17) is 11.1 Å². The Labute approximate surface area is 68.1 Å². The molecule has 0 radical (unpaired) electrons. The molecule has 0 amide bonds. The van der Waals surface area contributed by atoms with Crippen LogP contribution in [0.5, 0.6) is 0 Å². The summed E-state index contributed by atoms with van der Waals surface area (Å²) >= 11 is 0. The molecule has 0 saturated heterocycles. The van der Waals surface area contributed by atoms with Gasteiger partial charge >= 0.3 is 0 Å². The van der Waals surface area contributed by atoms with Crippen LogP contribution in [-0.2, 0) is 0 Å². The molecule has 0 atom stereocenters. The zero-order chi connectivity index (χ0) is 8.91. The highest BCUT2D eigenvalue weighted by Crippen LogP contribution is 1.96. The van der Waals surface area contributed by atoms with Gasteiger partial charge in [0.2, 0.25) is 0 Å². The number of guanidine groups is 1. The Morgan fingerprint density at radius 3 is 2.36 bits per heavy atom. The molecule has 0 rings (SSSR count). The summed E-state index contributed by atoms with van der Waals surface area (Å²) in [5.41, 5.74) is 5.20. The maximum absolute atomic E-state index is 7.37. The number of nitrogens with one attached hydrogen (secondary N) is 3. The number of rotatable bonds is 2. The maximum Gasteiger partial charge on any atom is 0.188 e. The zero-order valence-electron chi connectivity index (χ0n) is 7.49. The van der Waals surface area contributed by atoms with Crippen molar-refractivity contribution in [2.75, 3.05) is 13.1 Å². The van der Waals surface area contributed by atoms with Gasteiger partial charge in [-0.25, -0.2) is 0 Å². The van der Waals surface area contributed by atoms with Gasteiger partial charge in [0.05, 0.1) is 0 Å². The van der Waals surface area contributed by atoms with Gasteiger partial charge in [0.15, 0.2) is 5.96 Å². The first-order valence-electron chi connectivity index (χ1n) is 3.76. The summed E-state index contributed by atoms with van der Waals surface area (Å²) in [6.45, 7) is 7.21. The Morgan fingerprint density at radius 2 is 2.00 bits per heavy atom. The van der Waals surface area contributed by atoms with Crippen molar-refractivity contribution in [3.63, 3.8) is 0 Å². The number of nitrogens with two attached hydrogens (primary N) is 1. The lowest BCUT2D eigenvalue weighted by molar-refractivity contribution is 0.500. The van der Waals surface area contributed by atoms with Crippen LogP contribution in [0, 0.1) is 5.41 Å². The van der Waals surface area contributed by atoms with E-state index in [0.29, 0.717) is 19.0 Å². The van der Waals surface area contributed by atoms with Crippen molar-refractivity contribution in [1.29, 1.82) is 5.41 Å². The SMILES string of the molecule is CC(C)(C)NC(=N)NCCN. The fourth-order valence-corrected chi connectivity index (χ4v) is 0.616. The van der Waals surface area contributed by atoms with Crippen LogP contribution in [0.2, 0.25) is 0 Å². The first kappa shape index (κ1) is 10.2. The third-order valence-electron chi connectivity index (χ3n) is 0.946. The summed E-state index contributed by atoms with van der Waals surface area (Å²) in [4.78, 5) is 0. The monoisotopic (exact) mass is 158 g/mol. The topological polar surface area (TPSA) is 73.9 Å². The third kappa shape index (κ3) is 7.12. The van der Waals surface area contributed by atoms with Crippen LogP contribution in [-0.4, -0.2) is 24.6 Å². The van der Waals surface area contributed by atoms with Crippen molar-refractivity contribution in [3.05, 3.63) is 0 Å². The van der Waals surface area contributed by atoms with E-state index < -0.39 is 0 Å². The molecule has 0 aromatic carbocycles. The summed E-state index contributed by atoms with van der Waals surface area (Å²) < 4.78 is 0. The molecule has 0 unspecified atom stereocenters. The largest absolute Gasteiger partial charge is 0.355 e. The van der Waals surface area contributed by atoms with Gasteiger partial charge in [-0.2, -0.15) is 0 Å². The average molecular weight is 158 g/mol. The molecule has 0 spiro atoms. The van der Waals surface area contributed by atoms with E-state index in [0.717, 1.165) is 0 Å². The smallest absolute Gasteiger partial charge is 0.188 e. The summed E-state index contributed by atoms with van der Waals surface area (Å²) in [6.07, 6.45) is 0. The summed E-state index contributed by atoms with van der Waals surface area (Å²) in [7, 11) is 0. The Kier molecular flexibility index (Phi) is 3.89. The third-order valence-corrected chi connectivity index (χ3v) is 0.946. The van der Waals surface area contributed by atoms with E-state index in [1.54, 1.807) is 0 Å². The molecule has 11 heavy (non-hydrogen) atoms. The van der Waals surface area contributed by atoms with Crippen LogP contribution in [0.25, 0.3) is 0 Å². The molecule has 0 aliphatic heterocycles. The molecule has 0 saturated carbocycles. The van der Waals surface area contributed by atoms with Gasteiger partial charge in [0.1, 0.15) is 0 Å². The van der Waals surface area contributed by atoms with E-state index in [1.165, 1.54) is 0 Å². The van der Waals surface area contributed by atoms with Gasteiger partial charge in [-0.15, -0.1) is 0 Å². The van der Waals surface area contributed by atoms with Crippen molar-refractivity contribution >= 4 is 5.96 Å². The van der Waals surface area contributed by atoms with Crippen molar-refractivity contribution in [2.45, 2.75) is 26.3 Å². The van der Waals surface area contributed by atoms with Crippen LogP contribution in [0.3, 0.4) is 0 Å². The molecular formula is C7H18N4. The molecule has 0 bridgehead atoms. The predicted octanol–water partition coefficient (Wildman–Crippen LogP) is -0.142. The first-order chi connectivity index (χ1) is 4.95. The van der Waals surface area contributed by atoms with Crippen LogP contribution < -0.4 is 16.4 Å². The molecule has 4 nitrogen and oxygen atoms in total. The van der Waals surface area contributed by atoms with E-state index >= 15 is 0 Å². The molecule has 0 aliphatic rings. The minimum atomic E-state index is -0.0569. The molecular weight excluding hydrogens is 140 g/mol. The maximum atomic E-state index is 7.37. The quantitative estimate of drug-likeness (QED) is 0.334. The second kappa shape index (κ2) is 4.18. The van der Waals surface area contributed by atoms with Crippen LogP contribution in [0.4, 0.5) is 0 Å². The first-order valence-corrected chi connectivity index (χ1v) is 3.76. The minimum Gasteiger partial charge on any atom is -0.355 e. The van der Waals surface area contributed by atoms with Crippen molar-refractivity contribution in [2.24, 2.45) is 5.73 Å². The highest BCUT2D eigenvalue weighted by atomic mass is 15.2. The van der Waals surface area contributed by atoms with Gasteiger partial charge in [0.25, 0.3) is 0 Å². The average Bonchev–Trinajstić information content (AvgIpc) is 1.79. The Bertz CT molecular complexity index is 125. The van der Waals surface area contributed by atoms with Gasteiger partial charge in [-0.1, -0.05) is 0 Å². The second-order valence-corrected chi connectivity index (χ2v) is 3.47. The van der Waals surface area contributed by atoms with E-state index in [9.17, 15) is 0 Å². The summed E-state index contributed by atoms with van der Waals surface area (Å²) in [5.74, 6) is 0.336. The zero-order valence-corrected chi connectivity index (χ0v) is 7.49. The molecule has 4 heteroatoms. The molecule has 0 fully saturated rings. The Balaban J connectivity index is 3.53. The van der Waals surface area contributed by atoms with Crippen molar-refractivity contribution < 1.29 is 0 Å². The van der Waals surface area contributed by atoms with Crippen LogP contribution in [0.15, 0.2) is 0 Å². The van der Waals surface area contributed by atoms with Gasteiger partial charge in [-0.3, -0.25) is 5.41 Å². The van der Waals surface area contributed by atoms with Crippen LogP contribution in [0.1, 0.15) is 20.8 Å². The fraction of sp³-hybridized carbons (Fsp3) is 0.857. The van der Waals surface area contributed by atoms with Gasteiger partial charge < -0.3 is 16.4 Å². The Hall–Kier alpha value is -0.770. The molecule has 0 aliphatic carbocycles. The molecule has 0 aromatic rings. The van der Waals surface area contributed by atoms with E-state index in [1.807, 2.05) is 20.8 Å². The van der Waals surface area contributed by atoms with E-state index in [2.05, 4.69) is 10.6 Å². The lowest BCUT2D eigenvalue weighted by Gasteiger charge is -2.22. The normalized spacial score (nSPS) is 10.9. The molecule has 66 valence electrons. The fourth-order valence-electron chi connectivity index (χ4n) is 0.616. The van der Waals surface area contributed by atoms with Crippen molar-refractivity contribution in [3.8, 4) is 0 Å². The molecule has 5 N–H and O–H groups in total. The Morgan fingerprint density at radius 1 is 1.45 bits per heavy atom. The number of hydrogen-bond donors (Lipinski definition) is 4. The predicted molar refractivity (Wildman–Crippen MR) is 47.7 cm³/mol. The summed E-state index contributed by atoms with van der Waals surface area (Å²) in [6, 6.07) is 0. The van der Waals surface area contributed by atoms with Gasteiger partial charge in [-0.05, 0) is 20.8 Å². The van der Waals surface area contributed by atoms with Crippen molar-refractivity contribution in [1.82, 2.24) is 10.6 Å². The van der Waals surface area contributed by atoms with Gasteiger partial charge in [0, 0.05) is 18.6 Å². The van der Waals surface area contributed by atoms with Crippen LogP contribution >= 0.6 is 0 Å². The highest BCUT2D eigenvalue weighted by Gasteiger charge is 2.09. The van der Waals surface area contributed by atoms with E-state index in [-0.39, 0.29) is 5.54 Å². The standard InChI is InChI=1S/C7H18N4/c1-7(2,3)11-6(9)10-5-4-8/h4-5,8H2,1-3H3,(H3,9,10,11). The lowest BCUT2D eigenvalue weighted by Crippen LogP contribution is -2.47. The molecule has 0 aromatic heterocycles. The lowest BCUT2D eigenvalue weighted by atomic mass is 10.1. The number of hydrogen-bond acceptors (Lipinski definition) is 2.